The summed E-state index contributed by atoms with van der Waals surface area (Å²) in [5.74, 6) is 6.77. The molecule has 4 N–H and O–H groups in total. The van der Waals surface area contributed by atoms with Crippen LogP contribution in [0.2, 0.25) is 0 Å². The third-order valence-electron chi connectivity index (χ3n) is 4.46. The molecule has 0 aliphatic carbocycles. The first-order valence-electron chi connectivity index (χ1n) is 9.55. The van der Waals surface area contributed by atoms with Gasteiger partial charge in [0.05, 0.1) is 27.3 Å². The monoisotopic (exact) mass is 424 g/mol. The second kappa shape index (κ2) is 11.4. The predicted octanol–water partition coefficient (Wildman–Crippen LogP) is 2.82. The summed E-state index contributed by atoms with van der Waals surface area (Å²) in [6, 6.07) is 15.6. The molecule has 0 amide bonds. The van der Waals surface area contributed by atoms with Crippen LogP contribution in [-0.2, 0) is 22.6 Å². The standard InChI is InChI=1S/C21H24N4O2.C2H4O2/c1-15(26)20-14-24(21-9-8-18(27-2)10-19(20)21)12-17(22)13-25(23)11-16-6-4-3-5-7-16;1-4-2-3/h3-10,13-14H,11-12,22-23H2,1-2H3;2H,1H3/b17-13-;. The van der Waals surface area contributed by atoms with Crippen molar-refractivity contribution < 1.29 is 19.1 Å². The zero-order valence-corrected chi connectivity index (χ0v) is 17.9. The summed E-state index contributed by atoms with van der Waals surface area (Å²) in [5, 5.41) is 2.41. The largest absolute Gasteiger partial charge is 0.497 e. The van der Waals surface area contributed by atoms with Crippen LogP contribution in [0.4, 0.5) is 0 Å². The number of Topliss-reactive ketones (excluding diaryl/α,β-unsaturated/α-hetero) is 1. The third-order valence-corrected chi connectivity index (χ3v) is 4.46. The SMILES string of the molecule is COC=O.COc1ccc2c(c1)c(C(C)=O)cn2C/C(N)=C/N(N)Cc1ccccc1. The molecule has 3 aromatic rings. The molecule has 0 unspecified atom stereocenters. The minimum atomic E-state index is -0.000849. The molecule has 0 saturated carbocycles. The molecule has 0 fully saturated rings. The van der Waals surface area contributed by atoms with Crippen molar-refractivity contribution >= 4 is 23.2 Å². The van der Waals surface area contributed by atoms with Crippen molar-refractivity contribution in [3.63, 3.8) is 0 Å². The Bertz CT molecular complexity index is 1040. The van der Waals surface area contributed by atoms with Crippen LogP contribution in [-0.4, -0.2) is 36.1 Å². The number of carbonyl (C=O) groups excluding carboxylic acids is 2. The highest BCUT2D eigenvalue weighted by Crippen LogP contribution is 2.27. The molecule has 31 heavy (non-hydrogen) atoms. The number of hydrazine groups is 1. The number of ketones is 1. The smallest absolute Gasteiger partial charge is 0.292 e. The number of benzene rings is 2. The Morgan fingerprint density at radius 1 is 1.16 bits per heavy atom. The lowest BCUT2D eigenvalue weighted by atomic mass is 10.1. The number of nitrogens with zero attached hydrogens (tertiary/aromatic N) is 2. The van der Waals surface area contributed by atoms with Crippen LogP contribution in [0, 0.1) is 0 Å². The van der Waals surface area contributed by atoms with Gasteiger partial charge in [-0.3, -0.25) is 9.59 Å². The molecule has 8 heteroatoms. The van der Waals surface area contributed by atoms with Gasteiger partial charge in [0.15, 0.2) is 5.78 Å². The van der Waals surface area contributed by atoms with Crippen molar-refractivity contribution in [1.82, 2.24) is 9.58 Å². The van der Waals surface area contributed by atoms with E-state index < -0.39 is 0 Å². The van der Waals surface area contributed by atoms with Crippen molar-refractivity contribution in [2.24, 2.45) is 11.6 Å². The van der Waals surface area contributed by atoms with Crippen LogP contribution >= 0.6 is 0 Å². The molecular formula is C23H28N4O4. The van der Waals surface area contributed by atoms with E-state index in [0.29, 0.717) is 36.6 Å². The summed E-state index contributed by atoms with van der Waals surface area (Å²) >= 11 is 0. The quantitative estimate of drug-likeness (QED) is 0.247. The lowest BCUT2D eigenvalue weighted by Crippen LogP contribution is -2.26. The summed E-state index contributed by atoms with van der Waals surface area (Å²) in [4.78, 5) is 21.0. The number of aromatic nitrogens is 1. The van der Waals surface area contributed by atoms with Crippen LogP contribution in [0.3, 0.4) is 0 Å². The molecule has 1 aromatic heterocycles. The van der Waals surface area contributed by atoms with E-state index in [4.69, 9.17) is 21.1 Å². The van der Waals surface area contributed by atoms with E-state index >= 15 is 0 Å². The summed E-state index contributed by atoms with van der Waals surface area (Å²) < 4.78 is 11.1. The first-order valence-corrected chi connectivity index (χ1v) is 9.55. The van der Waals surface area contributed by atoms with E-state index in [1.54, 1.807) is 25.2 Å². The van der Waals surface area contributed by atoms with Gasteiger partial charge in [-0.25, -0.2) is 5.84 Å². The molecule has 2 aromatic carbocycles. The van der Waals surface area contributed by atoms with Gasteiger partial charge in [0.25, 0.3) is 6.47 Å². The Hall–Kier alpha value is -3.78. The number of hydrogen-bond acceptors (Lipinski definition) is 7. The lowest BCUT2D eigenvalue weighted by molar-refractivity contribution is -0.126. The van der Waals surface area contributed by atoms with Gasteiger partial charge in [-0.2, -0.15) is 0 Å². The number of rotatable bonds is 8. The Kier molecular flexibility index (Phi) is 8.65. The Balaban J connectivity index is 0.000000785. The molecule has 8 nitrogen and oxygen atoms in total. The summed E-state index contributed by atoms with van der Waals surface area (Å²) in [6.45, 7) is 2.92. The molecule has 0 radical (unpaired) electrons. The fourth-order valence-electron chi connectivity index (χ4n) is 3.10. The van der Waals surface area contributed by atoms with Crippen molar-refractivity contribution in [2.45, 2.75) is 20.0 Å². The molecule has 3 rings (SSSR count). The highest BCUT2D eigenvalue weighted by molar-refractivity contribution is 6.07. The molecule has 0 bridgehead atoms. The average molecular weight is 425 g/mol. The number of methoxy groups -OCH3 is 2. The molecule has 1 heterocycles. The fraction of sp³-hybridized carbons (Fsp3) is 0.217. The van der Waals surface area contributed by atoms with Crippen molar-refractivity contribution in [2.75, 3.05) is 14.2 Å². The van der Waals surface area contributed by atoms with Crippen molar-refractivity contribution in [3.8, 4) is 5.75 Å². The summed E-state index contributed by atoms with van der Waals surface area (Å²) in [7, 11) is 2.92. The molecule has 0 atom stereocenters. The average Bonchev–Trinajstić information content (AvgIpc) is 3.12. The van der Waals surface area contributed by atoms with Gasteiger partial charge < -0.3 is 24.8 Å². The van der Waals surface area contributed by atoms with Crippen LogP contribution in [0.15, 0.2) is 66.6 Å². The number of ether oxygens (including phenoxy) is 2. The minimum absolute atomic E-state index is 0.000849. The van der Waals surface area contributed by atoms with Gasteiger partial charge in [0.2, 0.25) is 0 Å². The number of fused-ring (bicyclic) bond motifs is 1. The first kappa shape index (κ1) is 23.5. The van der Waals surface area contributed by atoms with E-state index in [-0.39, 0.29) is 5.78 Å². The van der Waals surface area contributed by atoms with Crippen LogP contribution in [0.25, 0.3) is 10.9 Å². The maximum absolute atomic E-state index is 12.0. The topological polar surface area (TPSA) is 113 Å². The van der Waals surface area contributed by atoms with Crippen molar-refractivity contribution in [1.29, 1.82) is 0 Å². The number of hydrogen-bond donors (Lipinski definition) is 2. The number of carbonyl (C=O) groups is 2. The molecule has 0 aliphatic rings. The Morgan fingerprint density at radius 2 is 1.84 bits per heavy atom. The van der Waals surface area contributed by atoms with E-state index in [1.165, 1.54) is 7.11 Å². The second-order valence-corrected chi connectivity index (χ2v) is 6.80. The second-order valence-electron chi connectivity index (χ2n) is 6.80. The maximum atomic E-state index is 12.0. The molecule has 164 valence electrons. The summed E-state index contributed by atoms with van der Waals surface area (Å²) in [5.41, 5.74) is 9.46. The third kappa shape index (κ3) is 6.61. The molecular weight excluding hydrogens is 396 g/mol. The zero-order chi connectivity index (χ0) is 22.8. The van der Waals surface area contributed by atoms with Crippen LogP contribution < -0.4 is 16.3 Å². The molecule has 0 spiro atoms. The summed E-state index contributed by atoms with van der Waals surface area (Å²) in [6.07, 6.45) is 3.54. The minimum Gasteiger partial charge on any atom is -0.497 e. The predicted molar refractivity (Wildman–Crippen MR) is 120 cm³/mol. The van der Waals surface area contributed by atoms with Gasteiger partial charge >= 0.3 is 0 Å². The van der Waals surface area contributed by atoms with Gasteiger partial charge in [-0.15, -0.1) is 0 Å². The highest BCUT2D eigenvalue weighted by atomic mass is 16.5. The van der Waals surface area contributed by atoms with Crippen LogP contribution in [0.5, 0.6) is 5.75 Å². The van der Waals surface area contributed by atoms with E-state index in [0.717, 1.165) is 16.5 Å². The van der Waals surface area contributed by atoms with E-state index in [9.17, 15) is 4.79 Å². The van der Waals surface area contributed by atoms with E-state index in [1.807, 2.05) is 59.3 Å². The maximum Gasteiger partial charge on any atom is 0.292 e. The first-order chi connectivity index (χ1) is 14.9. The van der Waals surface area contributed by atoms with Gasteiger partial charge in [0, 0.05) is 34.6 Å². The highest BCUT2D eigenvalue weighted by Gasteiger charge is 2.13. The van der Waals surface area contributed by atoms with Gasteiger partial charge in [0.1, 0.15) is 5.75 Å². The molecule has 0 aliphatic heterocycles. The fourth-order valence-corrected chi connectivity index (χ4v) is 3.10. The van der Waals surface area contributed by atoms with Crippen LogP contribution in [0.1, 0.15) is 22.8 Å². The van der Waals surface area contributed by atoms with Crippen molar-refractivity contribution in [3.05, 3.63) is 77.8 Å². The van der Waals surface area contributed by atoms with E-state index in [2.05, 4.69) is 4.74 Å². The zero-order valence-electron chi connectivity index (χ0n) is 17.9. The van der Waals surface area contributed by atoms with Gasteiger partial charge in [-0.05, 0) is 30.7 Å². The number of nitrogens with two attached hydrogens (primary N) is 2. The Morgan fingerprint density at radius 3 is 2.42 bits per heavy atom. The lowest BCUT2D eigenvalue weighted by Gasteiger charge is -2.15. The molecule has 0 saturated heterocycles. The van der Waals surface area contributed by atoms with Gasteiger partial charge in [-0.1, -0.05) is 30.3 Å². The number of allylic oxidation sites excluding steroid dienone is 1. The Labute approximate surface area is 181 Å². The normalized spacial score (nSPS) is 10.8.